The summed E-state index contributed by atoms with van der Waals surface area (Å²) in [6.45, 7) is 7.73. The number of nitro groups is 1. The van der Waals surface area contributed by atoms with E-state index in [-0.39, 0.29) is 16.7 Å². The van der Waals surface area contributed by atoms with Gasteiger partial charge >= 0.3 is 0 Å². The van der Waals surface area contributed by atoms with E-state index >= 15 is 0 Å². The number of hydrogen-bond acceptors (Lipinski definition) is 5. The van der Waals surface area contributed by atoms with Crippen LogP contribution in [0.2, 0.25) is 0 Å². The molecule has 0 aliphatic heterocycles. The van der Waals surface area contributed by atoms with Crippen LogP contribution in [0.3, 0.4) is 0 Å². The normalized spacial score (nSPS) is 11.2. The molecule has 21 heavy (non-hydrogen) atoms. The number of nitrogens with zero attached hydrogens (tertiary/aromatic N) is 2. The minimum absolute atomic E-state index is 0.146. The molecule has 116 valence electrons. The van der Waals surface area contributed by atoms with E-state index < -0.39 is 10.8 Å². The van der Waals surface area contributed by atoms with Crippen molar-refractivity contribution in [3.05, 3.63) is 33.9 Å². The van der Waals surface area contributed by atoms with Crippen molar-refractivity contribution in [3.63, 3.8) is 0 Å². The molecule has 7 heteroatoms. The molecule has 0 atom stereocenters. The van der Waals surface area contributed by atoms with Crippen molar-refractivity contribution in [2.45, 2.75) is 20.8 Å². The lowest BCUT2D eigenvalue weighted by atomic mass is 9.92. The summed E-state index contributed by atoms with van der Waals surface area (Å²) < 4.78 is 0. The zero-order valence-electron chi connectivity index (χ0n) is 12.6. The van der Waals surface area contributed by atoms with E-state index in [9.17, 15) is 14.9 Å². The van der Waals surface area contributed by atoms with E-state index in [1.165, 1.54) is 12.1 Å². The van der Waals surface area contributed by atoms with Gasteiger partial charge in [0.1, 0.15) is 0 Å². The Morgan fingerprint density at radius 3 is 2.48 bits per heavy atom. The summed E-state index contributed by atoms with van der Waals surface area (Å²) in [5.41, 5.74) is 11.5. The summed E-state index contributed by atoms with van der Waals surface area (Å²) in [6, 6.07) is 4.16. The molecule has 1 amide bonds. The third kappa shape index (κ3) is 4.16. The van der Waals surface area contributed by atoms with Crippen LogP contribution < -0.4 is 16.4 Å². The van der Waals surface area contributed by atoms with Gasteiger partial charge in [-0.1, -0.05) is 13.8 Å². The lowest BCUT2D eigenvalue weighted by Crippen LogP contribution is -2.39. The van der Waals surface area contributed by atoms with E-state index in [1.807, 2.05) is 25.7 Å². The van der Waals surface area contributed by atoms with Gasteiger partial charge in [0.05, 0.1) is 16.2 Å². The molecule has 0 heterocycles. The third-order valence-electron chi connectivity index (χ3n) is 3.35. The molecule has 7 nitrogen and oxygen atoms in total. The minimum Gasteiger partial charge on any atom is -0.371 e. The highest BCUT2D eigenvalue weighted by molar-refractivity contribution is 5.99. The quantitative estimate of drug-likeness (QED) is 0.584. The first-order valence-corrected chi connectivity index (χ1v) is 6.75. The number of hydrogen-bond donors (Lipinski definition) is 2. The number of nitro benzene ring substituents is 1. The van der Waals surface area contributed by atoms with Gasteiger partial charge in [0.2, 0.25) is 0 Å². The molecular weight excluding hydrogens is 272 g/mol. The summed E-state index contributed by atoms with van der Waals surface area (Å²) in [7, 11) is 0. The van der Waals surface area contributed by atoms with Crippen molar-refractivity contribution in [1.29, 1.82) is 0 Å². The Hall–Kier alpha value is -2.15. The number of rotatable bonds is 7. The number of nitrogens with two attached hydrogens (primary N) is 2. The van der Waals surface area contributed by atoms with Gasteiger partial charge in [0.25, 0.3) is 11.6 Å². The van der Waals surface area contributed by atoms with Gasteiger partial charge in [0, 0.05) is 25.2 Å². The highest BCUT2D eigenvalue weighted by Gasteiger charge is 2.23. The molecule has 1 aromatic rings. The number of carbonyl (C=O) groups is 1. The molecule has 0 aromatic heterocycles. The predicted molar refractivity (Wildman–Crippen MR) is 82.3 cm³/mol. The fourth-order valence-corrected chi connectivity index (χ4v) is 2.06. The summed E-state index contributed by atoms with van der Waals surface area (Å²) in [5.74, 6) is -0.683. The van der Waals surface area contributed by atoms with Crippen LogP contribution in [-0.4, -0.2) is 30.5 Å². The average molecular weight is 294 g/mol. The van der Waals surface area contributed by atoms with E-state index in [0.29, 0.717) is 25.3 Å². The van der Waals surface area contributed by atoms with Crippen molar-refractivity contribution >= 4 is 17.3 Å². The Bertz CT molecular complexity index is 543. The minimum atomic E-state index is -0.683. The van der Waals surface area contributed by atoms with Crippen LogP contribution >= 0.6 is 0 Å². The highest BCUT2D eigenvalue weighted by atomic mass is 16.6. The molecule has 4 N–H and O–H groups in total. The first kappa shape index (κ1) is 16.9. The number of amides is 1. The number of carbonyl (C=O) groups excluding carboxylic acids is 1. The van der Waals surface area contributed by atoms with Crippen LogP contribution in [0.25, 0.3) is 0 Å². The maximum Gasteiger partial charge on any atom is 0.270 e. The zero-order chi connectivity index (χ0) is 16.2. The Morgan fingerprint density at radius 2 is 2.05 bits per heavy atom. The van der Waals surface area contributed by atoms with Crippen LogP contribution in [0, 0.1) is 15.5 Å². The molecule has 0 aliphatic rings. The standard InChI is InChI=1S/C14H22N4O3/c1-4-17(9-14(2,3)8-15)12-6-5-10(18(20)21)7-11(12)13(16)19/h5-7H,4,8-9,15H2,1-3H3,(H2,16,19). The lowest BCUT2D eigenvalue weighted by Gasteiger charge is -2.33. The van der Waals surface area contributed by atoms with Gasteiger partial charge in [0.15, 0.2) is 0 Å². The fourth-order valence-electron chi connectivity index (χ4n) is 2.06. The smallest absolute Gasteiger partial charge is 0.270 e. The van der Waals surface area contributed by atoms with Gasteiger partial charge < -0.3 is 16.4 Å². The fraction of sp³-hybridized carbons (Fsp3) is 0.500. The van der Waals surface area contributed by atoms with Gasteiger partial charge in [-0.05, 0) is 24.9 Å². The molecule has 0 bridgehead atoms. The van der Waals surface area contributed by atoms with Crippen molar-refractivity contribution in [2.75, 3.05) is 24.5 Å². The third-order valence-corrected chi connectivity index (χ3v) is 3.35. The molecule has 1 rings (SSSR count). The Labute approximate surface area is 124 Å². The predicted octanol–water partition coefficient (Wildman–Crippen LogP) is 1.50. The molecule has 0 fully saturated rings. The Morgan fingerprint density at radius 1 is 1.43 bits per heavy atom. The second kappa shape index (κ2) is 6.53. The maximum absolute atomic E-state index is 11.6. The molecular formula is C14H22N4O3. The monoisotopic (exact) mass is 294 g/mol. The number of benzene rings is 1. The number of primary amides is 1. The number of non-ortho nitro benzene ring substituents is 1. The van der Waals surface area contributed by atoms with Gasteiger partial charge in [-0.2, -0.15) is 0 Å². The van der Waals surface area contributed by atoms with Crippen LogP contribution in [0.15, 0.2) is 18.2 Å². The lowest BCUT2D eigenvalue weighted by molar-refractivity contribution is -0.384. The van der Waals surface area contributed by atoms with Crippen LogP contribution in [0.1, 0.15) is 31.1 Å². The first-order valence-electron chi connectivity index (χ1n) is 6.75. The van der Waals surface area contributed by atoms with Gasteiger partial charge in [-0.15, -0.1) is 0 Å². The Balaban J connectivity index is 3.26. The van der Waals surface area contributed by atoms with Crippen molar-refractivity contribution in [2.24, 2.45) is 16.9 Å². The zero-order valence-corrected chi connectivity index (χ0v) is 12.6. The topological polar surface area (TPSA) is 115 Å². The summed E-state index contributed by atoms with van der Waals surface area (Å²) in [4.78, 5) is 23.8. The van der Waals surface area contributed by atoms with Crippen LogP contribution in [0.4, 0.5) is 11.4 Å². The van der Waals surface area contributed by atoms with Crippen molar-refractivity contribution < 1.29 is 9.72 Å². The van der Waals surface area contributed by atoms with Gasteiger partial charge in [-0.25, -0.2) is 0 Å². The van der Waals surface area contributed by atoms with Crippen LogP contribution in [0.5, 0.6) is 0 Å². The van der Waals surface area contributed by atoms with E-state index in [4.69, 9.17) is 11.5 Å². The molecule has 0 radical (unpaired) electrons. The van der Waals surface area contributed by atoms with E-state index in [1.54, 1.807) is 6.07 Å². The molecule has 0 spiro atoms. The summed E-state index contributed by atoms with van der Waals surface area (Å²) in [6.07, 6.45) is 0. The second-order valence-electron chi connectivity index (χ2n) is 5.71. The molecule has 1 aromatic carbocycles. The first-order chi connectivity index (χ1) is 9.71. The Kier molecular flexibility index (Phi) is 5.26. The summed E-state index contributed by atoms with van der Waals surface area (Å²) in [5, 5.41) is 10.8. The van der Waals surface area contributed by atoms with E-state index in [2.05, 4.69) is 0 Å². The number of anilines is 1. The molecule has 0 saturated carbocycles. The molecule has 0 saturated heterocycles. The largest absolute Gasteiger partial charge is 0.371 e. The average Bonchev–Trinajstić information content (AvgIpc) is 2.44. The highest BCUT2D eigenvalue weighted by Crippen LogP contribution is 2.28. The SMILES string of the molecule is CCN(CC(C)(C)CN)c1ccc([N+](=O)[O-])cc1C(N)=O. The van der Waals surface area contributed by atoms with Gasteiger partial charge in [-0.3, -0.25) is 14.9 Å². The van der Waals surface area contributed by atoms with E-state index in [0.717, 1.165) is 0 Å². The summed E-state index contributed by atoms with van der Waals surface area (Å²) >= 11 is 0. The molecule has 0 aliphatic carbocycles. The maximum atomic E-state index is 11.6. The van der Waals surface area contributed by atoms with Crippen LogP contribution in [-0.2, 0) is 0 Å². The van der Waals surface area contributed by atoms with Crippen molar-refractivity contribution in [1.82, 2.24) is 0 Å². The molecule has 0 unspecified atom stereocenters. The second-order valence-corrected chi connectivity index (χ2v) is 5.71. The van der Waals surface area contributed by atoms with Crippen molar-refractivity contribution in [3.8, 4) is 0 Å².